The highest BCUT2D eigenvalue weighted by Crippen LogP contribution is 2.20. The largest absolute Gasteiger partial charge is 0.351 e. The fraction of sp³-hybridized carbons (Fsp3) is 0.765. The molecule has 6 heteroatoms. The summed E-state index contributed by atoms with van der Waals surface area (Å²) >= 11 is 1.75. The summed E-state index contributed by atoms with van der Waals surface area (Å²) in [5, 5.41) is 6.85. The summed E-state index contributed by atoms with van der Waals surface area (Å²) in [6, 6.07) is 0.708. The van der Waals surface area contributed by atoms with Gasteiger partial charge in [0.15, 0.2) is 5.96 Å². The zero-order chi connectivity index (χ0) is 16.1. The number of hydrogen-bond donors (Lipinski definition) is 1. The molecule has 0 aliphatic carbocycles. The Labute approximate surface area is 143 Å². The molecule has 2 aliphatic heterocycles. The Morgan fingerprint density at radius 3 is 2.87 bits per heavy atom. The van der Waals surface area contributed by atoms with Crippen LogP contribution >= 0.6 is 11.3 Å². The lowest BCUT2D eigenvalue weighted by molar-refractivity contribution is 0.168. The van der Waals surface area contributed by atoms with E-state index in [1.54, 1.807) is 11.3 Å². The number of aryl methyl sites for hydroxylation is 1. The van der Waals surface area contributed by atoms with Crippen molar-refractivity contribution in [1.82, 2.24) is 20.1 Å². The van der Waals surface area contributed by atoms with E-state index < -0.39 is 0 Å². The molecule has 3 rings (SSSR count). The molecule has 1 aromatic heterocycles. The highest BCUT2D eigenvalue weighted by molar-refractivity contribution is 7.09. The van der Waals surface area contributed by atoms with Crippen LogP contribution in [0.4, 0.5) is 0 Å². The standard InChI is InChI=1S/C17H29N5S/c1-3-16-20-14(13-23-16)11-19-17(18-2)22-10-7-15(12-22)21-8-5-4-6-9-21/h13,15H,3-12H2,1-2H3,(H,18,19). The molecular formula is C17H29N5S. The first-order valence-electron chi connectivity index (χ1n) is 8.93. The maximum atomic E-state index is 4.62. The van der Waals surface area contributed by atoms with Crippen molar-refractivity contribution in [3.63, 3.8) is 0 Å². The predicted octanol–water partition coefficient (Wildman–Crippen LogP) is 2.34. The van der Waals surface area contributed by atoms with Crippen LogP contribution in [0.5, 0.6) is 0 Å². The average Bonchev–Trinajstić information content (AvgIpc) is 3.26. The first kappa shape index (κ1) is 16.7. The molecule has 2 aliphatic rings. The minimum absolute atomic E-state index is 0.708. The Balaban J connectivity index is 1.50. The van der Waals surface area contributed by atoms with Gasteiger partial charge in [-0.2, -0.15) is 0 Å². The van der Waals surface area contributed by atoms with E-state index in [4.69, 9.17) is 0 Å². The van der Waals surface area contributed by atoms with Crippen LogP contribution in [0, 0.1) is 0 Å². The van der Waals surface area contributed by atoms with E-state index >= 15 is 0 Å². The fourth-order valence-electron chi connectivity index (χ4n) is 3.61. The number of hydrogen-bond acceptors (Lipinski definition) is 4. The summed E-state index contributed by atoms with van der Waals surface area (Å²) in [7, 11) is 1.88. The van der Waals surface area contributed by atoms with Crippen molar-refractivity contribution in [2.45, 2.75) is 51.6 Å². The van der Waals surface area contributed by atoms with Crippen LogP contribution in [0.25, 0.3) is 0 Å². The van der Waals surface area contributed by atoms with Crippen molar-refractivity contribution in [2.24, 2.45) is 4.99 Å². The van der Waals surface area contributed by atoms with Gasteiger partial charge in [-0.3, -0.25) is 9.89 Å². The van der Waals surface area contributed by atoms with Crippen LogP contribution < -0.4 is 5.32 Å². The second-order valence-corrected chi connectivity index (χ2v) is 7.41. The Bertz CT molecular complexity index is 521. The van der Waals surface area contributed by atoms with Gasteiger partial charge in [0.2, 0.25) is 0 Å². The summed E-state index contributed by atoms with van der Waals surface area (Å²) in [5.41, 5.74) is 1.12. The Morgan fingerprint density at radius 1 is 1.35 bits per heavy atom. The third kappa shape index (κ3) is 4.23. The van der Waals surface area contributed by atoms with Crippen LogP contribution in [0.1, 0.15) is 43.3 Å². The van der Waals surface area contributed by atoms with Crippen molar-refractivity contribution < 1.29 is 0 Å². The van der Waals surface area contributed by atoms with Crippen molar-refractivity contribution >= 4 is 17.3 Å². The van der Waals surface area contributed by atoms with Gasteiger partial charge in [-0.25, -0.2) is 4.98 Å². The van der Waals surface area contributed by atoms with Crippen molar-refractivity contribution in [3.05, 3.63) is 16.1 Å². The topological polar surface area (TPSA) is 43.8 Å². The molecule has 0 spiro atoms. The molecule has 2 fully saturated rings. The SMILES string of the molecule is CCc1nc(CNC(=NC)N2CCC(N3CCCCC3)C2)cs1. The molecule has 0 saturated carbocycles. The summed E-state index contributed by atoms with van der Waals surface area (Å²) in [4.78, 5) is 14.2. The van der Waals surface area contributed by atoms with E-state index in [1.807, 2.05) is 7.05 Å². The minimum atomic E-state index is 0.708. The first-order chi connectivity index (χ1) is 11.3. The number of guanidine groups is 1. The summed E-state index contributed by atoms with van der Waals surface area (Å²) in [5.74, 6) is 1.02. The normalized spacial score (nSPS) is 23.5. The zero-order valence-electron chi connectivity index (χ0n) is 14.4. The zero-order valence-corrected chi connectivity index (χ0v) is 15.2. The Morgan fingerprint density at radius 2 is 2.17 bits per heavy atom. The second-order valence-electron chi connectivity index (χ2n) is 6.47. The molecule has 128 valence electrons. The van der Waals surface area contributed by atoms with Crippen molar-refractivity contribution in [3.8, 4) is 0 Å². The second kappa shape index (κ2) is 8.11. The fourth-order valence-corrected chi connectivity index (χ4v) is 4.35. The number of rotatable bonds is 4. The lowest BCUT2D eigenvalue weighted by Gasteiger charge is -2.32. The van der Waals surface area contributed by atoms with Gasteiger partial charge in [-0.05, 0) is 38.8 Å². The predicted molar refractivity (Wildman–Crippen MR) is 97.1 cm³/mol. The molecule has 0 amide bonds. The number of piperidine rings is 1. The van der Waals surface area contributed by atoms with Gasteiger partial charge in [0, 0.05) is 31.6 Å². The average molecular weight is 336 g/mol. The van der Waals surface area contributed by atoms with E-state index in [1.165, 1.54) is 43.8 Å². The van der Waals surface area contributed by atoms with Gasteiger partial charge >= 0.3 is 0 Å². The highest BCUT2D eigenvalue weighted by Gasteiger charge is 2.29. The number of aliphatic imine (C=N–C) groups is 1. The third-order valence-corrected chi connectivity index (χ3v) is 5.95. The van der Waals surface area contributed by atoms with Crippen LogP contribution in [-0.4, -0.2) is 60.0 Å². The molecule has 0 bridgehead atoms. The quantitative estimate of drug-likeness (QED) is 0.677. The Kier molecular flexibility index (Phi) is 5.89. The highest BCUT2D eigenvalue weighted by atomic mass is 32.1. The number of nitrogens with zero attached hydrogens (tertiary/aromatic N) is 4. The summed E-state index contributed by atoms with van der Waals surface area (Å²) < 4.78 is 0. The summed E-state index contributed by atoms with van der Waals surface area (Å²) in [6.07, 6.45) is 6.42. The number of likely N-dealkylation sites (tertiary alicyclic amines) is 2. The molecule has 23 heavy (non-hydrogen) atoms. The Hall–Kier alpha value is -1.14. The maximum absolute atomic E-state index is 4.62. The molecule has 5 nitrogen and oxygen atoms in total. The first-order valence-corrected chi connectivity index (χ1v) is 9.81. The van der Waals surface area contributed by atoms with Gasteiger partial charge in [-0.1, -0.05) is 13.3 Å². The minimum Gasteiger partial charge on any atom is -0.351 e. The molecule has 1 unspecified atom stereocenters. The van der Waals surface area contributed by atoms with Gasteiger partial charge in [0.25, 0.3) is 0 Å². The van der Waals surface area contributed by atoms with E-state index in [9.17, 15) is 0 Å². The number of nitrogens with one attached hydrogen (secondary N) is 1. The van der Waals surface area contributed by atoms with Crippen LogP contribution in [0.3, 0.4) is 0 Å². The molecule has 0 aromatic carbocycles. The molecule has 0 radical (unpaired) electrons. The lowest BCUT2D eigenvalue weighted by atomic mass is 10.1. The molecule has 1 aromatic rings. The van der Waals surface area contributed by atoms with Crippen molar-refractivity contribution in [1.29, 1.82) is 0 Å². The van der Waals surface area contributed by atoms with E-state index in [0.29, 0.717) is 6.04 Å². The summed E-state index contributed by atoms with van der Waals surface area (Å²) in [6.45, 7) is 7.70. The van der Waals surface area contributed by atoms with Crippen LogP contribution in [0.15, 0.2) is 10.4 Å². The smallest absolute Gasteiger partial charge is 0.194 e. The lowest BCUT2D eigenvalue weighted by Crippen LogP contribution is -2.44. The number of thiazole rings is 1. The van der Waals surface area contributed by atoms with Gasteiger partial charge in [0.05, 0.1) is 17.2 Å². The monoisotopic (exact) mass is 335 g/mol. The van der Waals surface area contributed by atoms with Crippen molar-refractivity contribution in [2.75, 3.05) is 33.2 Å². The number of aromatic nitrogens is 1. The molecule has 1 atom stereocenters. The van der Waals surface area contributed by atoms with Gasteiger partial charge in [0.1, 0.15) is 0 Å². The van der Waals surface area contributed by atoms with E-state index in [2.05, 4.69) is 37.4 Å². The molecule has 3 heterocycles. The molecule has 1 N–H and O–H groups in total. The van der Waals surface area contributed by atoms with Crippen LogP contribution in [-0.2, 0) is 13.0 Å². The molecular weight excluding hydrogens is 306 g/mol. The van der Waals surface area contributed by atoms with Gasteiger partial charge in [-0.15, -0.1) is 11.3 Å². The van der Waals surface area contributed by atoms with Crippen LogP contribution in [0.2, 0.25) is 0 Å². The maximum Gasteiger partial charge on any atom is 0.194 e. The van der Waals surface area contributed by atoms with E-state index in [-0.39, 0.29) is 0 Å². The third-order valence-electron chi connectivity index (χ3n) is 4.91. The van der Waals surface area contributed by atoms with E-state index in [0.717, 1.165) is 37.7 Å². The van der Waals surface area contributed by atoms with Gasteiger partial charge < -0.3 is 10.2 Å². The molecule has 2 saturated heterocycles.